The molecule has 1 saturated heterocycles. The van der Waals surface area contributed by atoms with Crippen molar-refractivity contribution in [3.8, 4) is 11.3 Å². The van der Waals surface area contributed by atoms with Crippen LogP contribution in [0.5, 0.6) is 0 Å². The van der Waals surface area contributed by atoms with Gasteiger partial charge in [0.1, 0.15) is 11.3 Å². The van der Waals surface area contributed by atoms with Gasteiger partial charge in [-0.3, -0.25) is 9.78 Å². The van der Waals surface area contributed by atoms with E-state index in [1.165, 1.54) is 6.42 Å². The Kier molecular flexibility index (Phi) is 3.49. The lowest BCUT2D eigenvalue weighted by Crippen LogP contribution is -2.36. The first-order valence-electron chi connectivity index (χ1n) is 7.86. The predicted molar refractivity (Wildman–Crippen MR) is 86.9 cm³/mol. The summed E-state index contributed by atoms with van der Waals surface area (Å²) in [6, 6.07) is 3.96. The van der Waals surface area contributed by atoms with Crippen molar-refractivity contribution in [2.24, 2.45) is 0 Å². The van der Waals surface area contributed by atoms with Crippen molar-refractivity contribution < 1.29 is 4.79 Å². The highest BCUT2D eigenvalue weighted by Gasteiger charge is 2.20. The highest BCUT2D eigenvalue weighted by atomic mass is 16.2. The minimum Gasteiger partial charge on any atom is -0.346 e. The van der Waals surface area contributed by atoms with Crippen LogP contribution in [0, 0.1) is 0 Å². The summed E-state index contributed by atoms with van der Waals surface area (Å²) in [7, 11) is 0. The summed E-state index contributed by atoms with van der Waals surface area (Å²) in [5.74, 6) is -0.0327. The number of rotatable bonds is 2. The fourth-order valence-corrected chi connectivity index (χ4v) is 2.95. The molecule has 4 rings (SSSR count). The second-order valence-electron chi connectivity index (χ2n) is 5.78. The average Bonchev–Trinajstić information content (AvgIpc) is 3.09. The summed E-state index contributed by atoms with van der Waals surface area (Å²) in [6.45, 7) is 1.61. The van der Waals surface area contributed by atoms with Crippen molar-refractivity contribution in [2.75, 3.05) is 13.1 Å². The maximum Gasteiger partial charge on any atom is 0.274 e. The molecule has 0 unspecified atom stereocenters. The molecule has 6 heteroatoms. The van der Waals surface area contributed by atoms with E-state index in [4.69, 9.17) is 0 Å². The van der Waals surface area contributed by atoms with E-state index in [2.05, 4.69) is 19.9 Å². The topological polar surface area (TPSA) is 74.8 Å². The van der Waals surface area contributed by atoms with E-state index in [0.717, 1.165) is 42.5 Å². The Morgan fingerprint density at radius 1 is 1.13 bits per heavy atom. The van der Waals surface area contributed by atoms with Crippen LogP contribution >= 0.6 is 0 Å². The molecule has 0 radical (unpaired) electrons. The fraction of sp³-hybridized carbons (Fsp3) is 0.294. The van der Waals surface area contributed by atoms with Crippen LogP contribution in [0.2, 0.25) is 0 Å². The molecule has 0 saturated carbocycles. The van der Waals surface area contributed by atoms with Gasteiger partial charge >= 0.3 is 0 Å². The highest BCUT2D eigenvalue weighted by molar-refractivity contribution is 5.92. The largest absolute Gasteiger partial charge is 0.346 e. The number of hydrogen-bond acceptors (Lipinski definition) is 4. The zero-order valence-corrected chi connectivity index (χ0v) is 12.7. The van der Waals surface area contributed by atoms with Crippen molar-refractivity contribution in [1.82, 2.24) is 24.8 Å². The summed E-state index contributed by atoms with van der Waals surface area (Å²) in [5, 5.41) is 1.01. The number of aromatic nitrogens is 4. The standard InChI is InChI=1S/C17H17N5O/c23-17(22-6-2-1-3-7-22)15-11-18-10-14(21-15)13-8-12-4-5-19-16(12)20-9-13/h4-5,8-11H,1-3,6-7H2,(H,19,20). The Balaban J connectivity index is 1.66. The van der Waals surface area contributed by atoms with Crippen LogP contribution in [0.4, 0.5) is 0 Å². The Morgan fingerprint density at radius 2 is 2.00 bits per heavy atom. The minimum absolute atomic E-state index is 0.0327. The lowest BCUT2D eigenvalue weighted by Gasteiger charge is -2.26. The van der Waals surface area contributed by atoms with Crippen molar-refractivity contribution in [3.05, 3.63) is 42.6 Å². The van der Waals surface area contributed by atoms with Gasteiger partial charge in [-0.05, 0) is 31.4 Å². The van der Waals surface area contributed by atoms with Gasteiger partial charge in [0.05, 0.1) is 18.1 Å². The summed E-state index contributed by atoms with van der Waals surface area (Å²) in [6.07, 6.45) is 10.1. The van der Waals surface area contributed by atoms with Gasteiger partial charge in [-0.15, -0.1) is 0 Å². The number of fused-ring (bicyclic) bond motifs is 1. The Labute approximate surface area is 133 Å². The molecular formula is C17H17N5O. The van der Waals surface area contributed by atoms with E-state index in [0.29, 0.717) is 11.4 Å². The molecule has 0 bridgehead atoms. The molecule has 1 aliphatic rings. The quantitative estimate of drug-likeness (QED) is 0.790. The first-order valence-corrected chi connectivity index (χ1v) is 7.86. The van der Waals surface area contributed by atoms with E-state index < -0.39 is 0 Å². The predicted octanol–water partition coefficient (Wildman–Crippen LogP) is 2.65. The second-order valence-corrected chi connectivity index (χ2v) is 5.78. The van der Waals surface area contributed by atoms with E-state index in [1.54, 1.807) is 18.6 Å². The molecule has 1 fully saturated rings. The molecular weight excluding hydrogens is 290 g/mol. The van der Waals surface area contributed by atoms with Crippen molar-refractivity contribution >= 4 is 16.9 Å². The van der Waals surface area contributed by atoms with Crippen LogP contribution < -0.4 is 0 Å². The number of nitrogens with one attached hydrogen (secondary N) is 1. The maximum absolute atomic E-state index is 12.6. The number of pyridine rings is 1. The second kappa shape index (κ2) is 5.79. The monoisotopic (exact) mass is 307 g/mol. The van der Waals surface area contributed by atoms with E-state index in [9.17, 15) is 4.79 Å². The summed E-state index contributed by atoms with van der Waals surface area (Å²) in [5.41, 5.74) is 2.77. The molecule has 3 aromatic heterocycles. The number of likely N-dealkylation sites (tertiary alicyclic amines) is 1. The SMILES string of the molecule is O=C(c1cncc(-c2cnc3[nH]ccc3c2)n1)N1CCCCC1. The van der Waals surface area contributed by atoms with Gasteiger partial charge < -0.3 is 9.88 Å². The van der Waals surface area contributed by atoms with Gasteiger partial charge in [-0.25, -0.2) is 9.97 Å². The highest BCUT2D eigenvalue weighted by Crippen LogP contribution is 2.20. The van der Waals surface area contributed by atoms with Gasteiger partial charge in [-0.1, -0.05) is 0 Å². The normalized spacial score (nSPS) is 15.0. The van der Waals surface area contributed by atoms with Gasteiger partial charge in [0.15, 0.2) is 0 Å². The molecule has 1 amide bonds. The Morgan fingerprint density at radius 3 is 2.87 bits per heavy atom. The van der Waals surface area contributed by atoms with Crippen molar-refractivity contribution in [3.63, 3.8) is 0 Å². The number of hydrogen-bond donors (Lipinski definition) is 1. The first kappa shape index (κ1) is 13.9. The van der Waals surface area contributed by atoms with E-state index in [1.807, 2.05) is 23.2 Å². The van der Waals surface area contributed by atoms with Crippen molar-refractivity contribution in [2.45, 2.75) is 19.3 Å². The van der Waals surface area contributed by atoms with Crippen LogP contribution in [0.3, 0.4) is 0 Å². The third-order valence-electron chi connectivity index (χ3n) is 4.19. The van der Waals surface area contributed by atoms with Gasteiger partial charge in [0.2, 0.25) is 0 Å². The fourth-order valence-electron chi connectivity index (χ4n) is 2.95. The van der Waals surface area contributed by atoms with Crippen LogP contribution in [0.1, 0.15) is 29.8 Å². The molecule has 4 heterocycles. The zero-order valence-electron chi connectivity index (χ0n) is 12.7. The van der Waals surface area contributed by atoms with Crippen LogP contribution in [0.15, 0.2) is 36.9 Å². The number of amides is 1. The number of aromatic amines is 1. The summed E-state index contributed by atoms with van der Waals surface area (Å²) < 4.78 is 0. The third-order valence-corrected chi connectivity index (χ3v) is 4.19. The lowest BCUT2D eigenvalue weighted by molar-refractivity contribution is 0.0718. The molecule has 0 atom stereocenters. The molecule has 6 nitrogen and oxygen atoms in total. The summed E-state index contributed by atoms with van der Waals surface area (Å²) >= 11 is 0. The Hall–Kier alpha value is -2.76. The molecule has 0 aromatic carbocycles. The molecule has 1 aliphatic heterocycles. The first-order chi connectivity index (χ1) is 11.3. The van der Waals surface area contributed by atoms with E-state index in [-0.39, 0.29) is 5.91 Å². The van der Waals surface area contributed by atoms with Crippen LogP contribution in [0.25, 0.3) is 22.3 Å². The number of carbonyl (C=O) groups excluding carboxylic acids is 1. The third kappa shape index (κ3) is 2.67. The molecule has 1 N–H and O–H groups in total. The minimum atomic E-state index is -0.0327. The number of H-pyrrole nitrogens is 1. The van der Waals surface area contributed by atoms with E-state index >= 15 is 0 Å². The molecule has 0 aliphatic carbocycles. The molecule has 0 spiro atoms. The smallest absolute Gasteiger partial charge is 0.274 e. The van der Waals surface area contributed by atoms with Crippen molar-refractivity contribution in [1.29, 1.82) is 0 Å². The molecule has 116 valence electrons. The average molecular weight is 307 g/mol. The van der Waals surface area contributed by atoms with Gasteiger partial charge in [-0.2, -0.15) is 0 Å². The zero-order chi connectivity index (χ0) is 15.6. The molecule has 3 aromatic rings. The van der Waals surface area contributed by atoms with Gasteiger partial charge in [0.25, 0.3) is 5.91 Å². The maximum atomic E-state index is 12.6. The van der Waals surface area contributed by atoms with Crippen LogP contribution in [-0.2, 0) is 0 Å². The number of piperidine rings is 1. The lowest BCUT2D eigenvalue weighted by atomic mass is 10.1. The Bertz CT molecular complexity index is 851. The summed E-state index contributed by atoms with van der Waals surface area (Å²) in [4.78, 5) is 30.6. The van der Waals surface area contributed by atoms with Gasteiger partial charge in [0, 0.05) is 36.4 Å². The number of nitrogens with zero attached hydrogens (tertiary/aromatic N) is 4. The molecule has 23 heavy (non-hydrogen) atoms. The number of carbonyl (C=O) groups is 1. The van der Waals surface area contributed by atoms with Crippen LogP contribution in [-0.4, -0.2) is 43.8 Å².